The molecule has 0 aliphatic rings. The first-order valence-electron chi connectivity index (χ1n) is 6.42. The predicted octanol–water partition coefficient (Wildman–Crippen LogP) is 0.688. The smallest absolute Gasteiger partial charge is 0.238 e. The number of carbonyl (C=O) groups excluding carboxylic acids is 1. The molecule has 112 valence electrons. The molecule has 1 N–H and O–H groups in total. The highest BCUT2D eigenvalue weighted by Crippen LogP contribution is 2.08. The fraction of sp³-hybridized carbons (Fsp3) is 0.500. The summed E-state index contributed by atoms with van der Waals surface area (Å²) in [4.78, 5) is 13.6. The summed E-state index contributed by atoms with van der Waals surface area (Å²) in [5, 5.41) is 9.11. The van der Waals surface area contributed by atoms with E-state index in [2.05, 4.69) is 0 Å². The van der Waals surface area contributed by atoms with Crippen LogP contribution < -0.4 is 0 Å². The Labute approximate surface area is 120 Å². The molecule has 1 rings (SSSR count). The van der Waals surface area contributed by atoms with Crippen LogP contribution in [-0.4, -0.2) is 49.5 Å². The zero-order chi connectivity index (χ0) is 15.2. The van der Waals surface area contributed by atoms with Crippen LogP contribution in [0.1, 0.15) is 12.5 Å². The van der Waals surface area contributed by atoms with Crippen molar-refractivity contribution in [3.8, 4) is 0 Å². The van der Waals surface area contributed by atoms with Crippen molar-refractivity contribution in [1.29, 1.82) is 0 Å². The number of aliphatic hydroxyl groups is 1. The number of rotatable bonds is 7. The summed E-state index contributed by atoms with van der Waals surface area (Å²) in [5.41, 5.74) is 0.930. The van der Waals surface area contributed by atoms with Crippen LogP contribution in [0.3, 0.4) is 0 Å². The summed E-state index contributed by atoms with van der Waals surface area (Å²) < 4.78 is 22.5. The van der Waals surface area contributed by atoms with E-state index in [4.69, 9.17) is 5.11 Å². The summed E-state index contributed by atoms with van der Waals surface area (Å²) in [5.74, 6) is -1.03. The summed E-state index contributed by atoms with van der Waals surface area (Å²) in [6, 6.07) is 9.37. The second-order valence-corrected chi connectivity index (χ2v) is 7.26. The van der Waals surface area contributed by atoms with Crippen LogP contribution in [0, 0.1) is 5.92 Å². The molecular formula is C14H21NO4S. The molecular weight excluding hydrogens is 278 g/mol. The number of carbonyl (C=O) groups is 1. The van der Waals surface area contributed by atoms with E-state index in [9.17, 15) is 13.2 Å². The lowest BCUT2D eigenvalue weighted by molar-refractivity contribution is -0.129. The molecule has 0 aromatic heterocycles. The van der Waals surface area contributed by atoms with Crippen molar-refractivity contribution in [2.45, 2.75) is 13.5 Å². The average molecular weight is 299 g/mol. The van der Waals surface area contributed by atoms with E-state index in [0.717, 1.165) is 11.8 Å². The van der Waals surface area contributed by atoms with Gasteiger partial charge in [-0.25, -0.2) is 8.42 Å². The molecule has 0 aliphatic heterocycles. The molecule has 0 saturated heterocycles. The first-order valence-corrected chi connectivity index (χ1v) is 8.48. The first-order chi connectivity index (χ1) is 9.31. The Morgan fingerprint density at radius 2 is 1.90 bits per heavy atom. The molecule has 0 unspecified atom stereocenters. The third-order valence-electron chi connectivity index (χ3n) is 2.80. The monoisotopic (exact) mass is 299 g/mol. The van der Waals surface area contributed by atoms with Gasteiger partial charge in [-0.3, -0.25) is 4.79 Å². The van der Waals surface area contributed by atoms with Crippen molar-refractivity contribution in [2.24, 2.45) is 5.92 Å². The summed E-state index contributed by atoms with van der Waals surface area (Å²) in [6.45, 7) is 2.45. The van der Waals surface area contributed by atoms with E-state index in [-0.39, 0.29) is 12.5 Å². The molecule has 0 spiro atoms. The molecule has 0 bridgehead atoms. The maximum absolute atomic E-state index is 12.1. The van der Waals surface area contributed by atoms with Crippen LogP contribution in [0.25, 0.3) is 0 Å². The van der Waals surface area contributed by atoms with E-state index >= 15 is 0 Å². The zero-order valence-corrected chi connectivity index (χ0v) is 12.6. The van der Waals surface area contributed by atoms with Gasteiger partial charge in [0.15, 0.2) is 9.84 Å². The molecule has 1 atom stereocenters. The minimum Gasteiger partial charge on any atom is -0.396 e. The predicted molar refractivity (Wildman–Crippen MR) is 77.8 cm³/mol. The molecule has 1 amide bonds. The second kappa shape index (κ2) is 7.40. The van der Waals surface area contributed by atoms with Gasteiger partial charge in [0.1, 0.15) is 5.75 Å². The first kappa shape index (κ1) is 16.7. The lowest BCUT2D eigenvalue weighted by Gasteiger charge is -2.25. The molecule has 5 nitrogen and oxygen atoms in total. The Bertz CT molecular complexity index is 527. The number of sulfone groups is 1. The molecule has 1 aromatic rings. The van der Waals surface area contributed by atoms with E-state index in [1.54, 1.807) is 0 Å². The van der Waals surface area contributed by atoms with Crippen molar-refractivity contribution in [1.82, 2.24) is 4.90 Å². The largest absolute Gasteiger partial charge is 0.396 e. The minimum absolute atomic E-state index is 0.0442. The Balaban J connectivity index is 2.82. The van der Waals surface area contributed by atoms with Gasteiger partial charge in [-0.05, 0) is 11.5 Å². The average Bonchev–Trinajstić information content (AvgIpc) is 2.37. The minimum atomic E-state index is -3.36. The molecule has 20 heavy (non-hydrogen) atoms. The van der Waals surface area contributed by atoms with Crippen molar-refractivity contribution in [3.05, 3.63) is 35.9 Å². The summed E-state index contributed by atoms with van der Waals surface area (Å²) >= 11 is 0. The quantitative estimate of drug-likeness (QED) is 0.804. The molecule has 0 radical (unpaired) electrons. The van der Waals surface area contributed by atoms with Gasteiger partial charge in [-0.2, -0.15) is 0 Å². The third kappa shape index (κ3) is 6.16. The van der Waals surface area contributed by atoms with Crippen molar-refractivity contribution in [2.75, 3.05) is 25.2 Å². The van der Waals surface area contributed by atoms with Crippen molar-refractivity contribution >= 4 is 15.7 Å². The zero-order valence-electron chi connectivity index (χ0n) is 11.8. The highest BCUT2D eigenvalue weighted by Gasteiger charge is 2.20. The highest BCUT2D eigenvalue weighted by molar-refractivity contribution is 7.91. The van der Waals surface area contributed by atoms with Gasteiger partial charge in [-0.1, -0.05) is 37.3 Å². The third-order valence-corrected chi connectivity index (χ3v) is 3.57. The summed E-state index contributed by atoms with van der Waals surface area (Å²) in [6.07, 6.45) is 1.04. The lowest BCUT2D eigenvalue weighted by Crippen LogP contribution is -2.38. The number of hydrogen-bond donors (Lipinski definition) is 1. The molecule has 0 aliphatic carbocycles. The fourth-order valence-electron chi connectivity index (χ4n) is 1.81. The van der Waals surface area contributed by atoms with Gasteiger partial charge >= 0.3 is 0 Å². The van der Waals surface area contributed by atoms with Crippen LogP contribution in [0.15, 0.2) is 30.3 Å². The second-order valence-electron chi connectivity index (χ2n) is 5.12. The van der Waals surface area contributed by atoms with Gasteiger partial charge < -0.3 is 10.0 Å². The topological polar surface area (TPSA) is 74.7 Å². The number of aliphatic hydroxyl groups excluding tert-OH is 1. The van der Waals surface area contributed by atoms with E-state index in [1.807, 2.05) is 37.3 Å². The maximum Gasteiger partial charge on any atom is 0.238 e. The van der Waals surface area contributed by atoms with Gasteiger partial charge in [0.05, 0.1) is 0 Å². The standard InChI is InChI=1S/C14H21NO4S/c1-12(10-16)8-15(14(17)11-20(2,18)19)9-13-6-4-3-5-7-13/h3-7,12,16H,8-11H2,1-2H3/t12-/m0/s1. The normalized spacial score (nSPS) is 12.9. The maximum atomic E-state index is 12.1. The van der Waals surface area contributed by atoms with Crippen LogP contribution >= 0.6 is 0 Å². The van der Waals surface area contributed by atoms with Gasteiger partial charge in [0.25, 0.3) is 0 Å². The van der Waals surface area contributed by atoms with Gasteiger partial charge in [0, 0.05) is 26.0 Å². The van der Waals surface area contributed by atoms with E-state index < -0.39 is 21.5 Å². The van der Waals surface area contributed by atoms with Crippen LogP contribution in [0.2, 0.25) is 0 Å². The molecule has 1 aromatic carbocycles. The van der Waals surface area contributed by atoms with Gasteiger partial charge in [0.2, 0.25) is 5.91 Å². The Kier molecular flexibility index (Phi) is 6.16. The number of benzene rings is 1. The summed E-state index contributed by atoms with van der Waals surface area (Å²) in [7, 11) is -3.36. The number of hydrogen-bond acceptors (Lipinski definition) is 4. The van der Waals surface area contributed by atoms with Gasteiger partial charge in [-0.15, -0.1) is 0 Å². The SMILES string of the molecule is C[C@H](CO)CN(Cc1ccccc1)C(=O)CS(C)(=O)=O. The fourth-order valence-corrected chi connectivity index (χ4v) is 2.44. The van der Waals surface area contributed by atoms with Crippen LogP contribution in [0.5, 0.6) is 0 Å². The Hall–Kier alpha value is -1.40. The Morgan fingerprint density at radius 3 is 2.40 bits per heavy atom. The lowest BCUT2D eigenvalue weighted by atomic mass is 10.1. The van der Waals surface area contributed by atoms with E-state index in [0.29, 0.717) is 13.1 Å². The number of nitrogens with zero attached hydrogens (tertiary/aromatic N) is 1. The highest BCUT2D eigenvalue weighted by atomic mass is 32.2. The van der Waals surface area contributed by atoms with Crippen LogP contribution in [-0.2, 0) is 21.2 Å². The molecule has 0 fully saturated rings. The van der Waals surface area contributed by atoms with Crippen molar-refractivity contribution < 1.29 is 18.3 Å². The molecule has 0 heterocycles. The number of amides is 1. The Morgan fingerprint density at radius 1 is 1.30 bits per heavy atom. The van der Waals surface area contributed by atoms with Crippen molar-refractivity contribution in [3.63, 3.8) is 0 Å². The molecule has 6 heteroatoms. The molecule has 0 saturated carbocycles. The van der Waals surface area contributed by atoms with E-state index in [1.165, 1.54) is 4.90 Å². The van der Waals surface area contributed by atoms with Crippen LogP contribution in [0.4, 0.5) is 0 Å².